The summed E-state index contributed by atoms with van der Waals surface area (Å²) in [5.74, 6) is -0.273. The van der Waals surface area contributed by atoms with Crippen LogP contribution in [-0.4, -0.2) is 36.7 Å². The lowest BCUT2D eigenvalue weighted by atomic mass is 9.97. The van der Waals surface area contributed by atoms with Crippen molar-refractivity contribution in [2.45, 2.75) is 25.0 Å². The van der Waals surface area contributed by atoms with Crippen molar-refractivity contribution in [3.63, 3.8) is 0 Å². The summed E-state index contributed by atoms with van der Waals surface area (Å²) in [7, 11) is -3.41. The first-order chi connectivity index (χ1) is 15.9. The second kappa shape index (κ2) is 10.6. The van der Waals surface area contributed by atoms with E-state index in [-0.39, 0.29) is 17.6 Å². The van der Waals surface area contributed by atoms with Gasteiger partial charge in [-0.15, -0.1) is 0 Å². The molecule has 1 aliphatic heterocycles. The molecule has 2 heterocycles. The van der Waals surface area contributed by atoms with E-state index in [1.54, 1.807) is 12.4 Å². The molecule has 8 heteroatoms. The van der Waals surface area contributed by atoms with Gasteiger partial charge >= 0.3 is 0 Å². The van der Waals surface area contributed by atoms with Crippen LogP contribution in [0.4, 0.5) is 5.69 Å². The quantitative estimate of drug-likeness (QED) is 0.486. The first-order valence-electron chi connectivity index (χ1n) is 10.9. The van der Waals surface area contributed by atoms with Gasteiger partial charge in [-0.3, -0.25) is 9.78 Å². The molecule has 1 N–H and O–H groups in total. The number of nitrogens with zero attached hydrogens (tertiary/aromatic N) is 2. The normalized spacial score (nSPS) is 15.3. The number of nitrogens with one attached hydrogen (secondary N) is 1. The summed E-state index contributed by atoms with van der Waals surface area (Å²) in [5.41, 5.74) is 3.85. The third-order valence-electron chi connectivity index (χ3n) is 5.86. The van der Waals surface area contributed by atoms with Gasteiger partial charge in [0.2, 0.25) is 15.9 Å². The van der Waals surface area contributed by atoms with Gasteiger partial charge in [0.25, 0.3) is 0 Å². The van der Waals surface area contributed by atoms with Crippen molar-refractivity contribution >= 4 is 37.5 Å². The van der Waals surface area contributed by atoms with Gasteiger partial charge in [0.15, 0.2) is 0 Å². The number of carbonyl (C=O) groups is 1. The Labute approximate surface area is 203 Å². The number of carbonyl (C=O) groups excluding carboxylic acids is 1. The maximum Gasteiger partial charge on any atom is 0.227 e. The third-order valence-corrected chi connectivity index (χ3v) is 8.24. The molecular weight excluding hydrogens is 502 g/mol. The van der Waals surface area contributed by atoms with E-state index in [1.165, 1.54) is 9.87 Å². The van der Waals surface area contributed by atoms with Gasteiger partial charge in [0.05, 0.1) is 5.75 Å². The van der Waals surface area contributed by atoms with E-state index < -0.39 is 10.0 Å². The lowest BCUT2D eigenvalue weighted by Gasteiger charge is -2.30. The molecule has 1 fully saturated rings. The monoisotopic (exact) mass is 527 g/mol. The summed E-state index contributed by atoms with van der Waals surface area (Å²) >= 11 is 3.36. The van der Waals surface area contributed by atoms with Crippen LogP contribution in [0.25, 0.3) is 0 Å². The van der Waals surface area contributed by atoms with Crippen molar-refractivity contribution in [3.8, 4) is 0 Å². The number of anilines is 1. The molecule has 0 bridgehead atoms. The highest BCUT2D eigenvalue weighted by molar-refractivity contribution is 9.10. The predicted molar refractivity (Wildman–Crippen MR) is 133 cm³/mol. The van der Waals surface area contributed by atoms with Crippen LogP contribution >= 0.6 is 15.9 Å². The van der Waals surface area contributed by atoms with Gasteiger partial charge in [-0.05, 0) is 72.4 Å². The van der Waals surface area contributed by atoms with Crippen molar-refractivity contribution in [1.29, 1.82) is 0 Å². The van der Waals surface area contributed by atoms with Crippen molar-refractivity contribution in [3.05, 3.63) is 94.2 Å². The van der Waals surface area contributed by atoms with Crippen molar-refractivity contribution in [2.24, 2.45) is 5.92 Å². The van der Waals surface area contributed by atoms with Gasteiger partial charge in [-0.25, -0.2) is 12.7 Å². The van der Waals surface area contributed by atoms with Crippen LogP contribution in [-0.2, 0) is 27.0 Å². The van der Waals surface area contributed by atoms with Gasteiger partial charge in [-0.2, -0.15) is 0 Å². The van der Waals surface area contributed by atoms with E-state index in [0.717, 1.165) is 27.7 Å². The summed E-state index contributed by atoms with van der Waals surface area (Å²) in [4.78, 5) is 16.8. The van der Waals surface area contributed by atoms with Gasteiger partial charge in [-0.1, -0.05) is 40.2 Å². The minimum atomic E-state index is -3.41. The molecule has 4 rings (SSSR count). The maximum atomic E-state index is 12.8. The lowest BCUT2D eigenvalue weighted by Crippen LogP contribution is -2.41. The molecule has 1 amide bonds. The first-order valence-corrected chi connectivity index (χ1v) is 13.3. The summed E-state index contributed by atoms with van der Waals surface area (Å²) in [6.45, 7) is 0.726. The Morgan fingerprint density at radius 1 is 0.909 bits per heavy atom. The summed E-state index contributed by atoms with van der Waals surface area (Å²) < 4.78 is 28.0. The van der Waals surface area contributed by atoms with Crippen molar-refractivity contribution in [2.75, 3.05) is 18.4 Å². The minimum Gasteiger partial charge on any atom is -0.326 e. The zero-order valence-electron chi connectivity index (χ0n) is 18.2. The number of amides is 1. The van der Waals surface area contributed by atoms with E-state index in [0.29, 0.717) is 25.9 Å². The van der Waals surface area contributed by atoms with Crippen LogP contribution in [0.15, 0.2) is 77.5 Å². The fourth-order valence-corrected chi connectivity index (χ4v) is 5.79. The molecule has 0 unspecified atom stereocenters. The van der Waals surface area contributed by atoms with Gasteiger partial charge in [0, 0.05) is 41.6 Å². The highest BCUT2D eigenvalue weighted by Crippen LogP contribution is 2.24. The minimum absolute atomic E-state index is 0.0248. The zero-order valence-corrected chi connectivity index (χ0v) is 20.6. The van der Waals surface area contributed by atoms with Crippen molar-refractivity contribution < 1.29 is 13.2 Å². The number of sulfonamides is 1. The molecule has 3 aromatic rings. The number of hydrogen-bond acceptors (Lipinski definition) is 4. The van der Waals surface area contributed by atoms with E-state index in [4.69, 9.17) is 0 Å². The molecular formula is C25H26BrN3O3S. The number of rotatable bonds is 7. The Kier molecular flexibility index (Phi) is 7.57. The van der Waals surface area contributed by atoms with E-state index in [9.17, 15) is 13.2 Å². The fraction of sp³-hybridized carbons (Fsp3) is 0.280. The molecule has 6 nitrogen and oxygen atoms in total. The van der Waals surface area contributed by atoms with Crippen LogP contribution in [0.2, 0.25) is 0 Å². The number of aromatic nitrogens is 1. The number of hydrogen-bond donors (Lipinski definition) is 1. The summed E-state index contributed by atoms with van der Waals surface area (Å²) in [5, 5.41) is 2.98. The predicted octanol–water partition coefficient (Wildman–Crippen LogP) is 4.62. The Bertz CT molecular complexity index is 1180. The standard InChI is InChI=1S/C25H26BrN3O3S/c26-23-5-1-21(2-6-23)18-33(31,32)29-15-11-22(12-16-29)25(30)28-24-7-3-19(4-8-24)17-20-9-13-27-14-10-20/h1-10,13-14,22H,11-12,15-18H2,(H,28,30). The zero-order chi connectivity index (χ0) is 23.3. The molecule has 2 aromatic carbocycles. The Balaban J connectivity index is 1.28. The first kappa shape index (κ1) is 23.6. The molecule has 172 valence electrons. The summed E-state index contributed by atoms with van der Waals surface area (Å²) in [6, 6.07) is 19.1. The highest BCUT2D eigenvalue weighted by atomic mass is 79.9. The Morgan fingerprint density at radius 3 is 2.12 bits per heavy atom. The van der Waals surface area contributed by atoms with Crippen LogP contribution in [0, 0.1) is 5.92 Å². The molecule has 1 aliphatic rings. The number of pyridine rings is 1. The number of benzene rings is 2. The maximum absolute atomic E-state index is 12.8. The molecule has 0 radical (unpaired) electrons. The van der Waals surface area contributed by atoms with Gasteiger partial charge < -0.3 is 5.32 Å². The largest absolute Gasteiger partial charge is 0.326 e. The van der Waals surface area contributed by atoms with Crippen LogP contribution < -0.4 is 5.32 Å². The van der Waals surface area contributed by atoms with Crippen LogP contribution in [0.3, 0.4) is 0 Å². The molecule has 1 aromatic heterocycles. The topological polar surface area (TPSA) is 79.4 Å². The van der Waals surface area contributed by atoms with Gasteiger partial charge in [0.1, 0.15) is 0 Å². The van der Waals surface area contributed by atoms with Crippen molar-refractivity contribution in [1.82, 2.24) is 9.29 Å². The number of piperidine rings is 1. The molecule has 0 spiro atoms. The van der Waals surface area contributed by atoms with Crippen LogP contribution in [0.1, 0.15) is 29.5 Å². The second-order valence-corrected chi connectivity index (χ2v) is 11.2. The Hall–Kier alpha value is -2.55. The lowest BCUT2D eigenvalue weighted by molar-refractivity contribution is -0.120. The average Bonchev–Trinajstić information content (AvgIpc) is 2.82. The van der Waals surface area contributed by atoms with Crippen LogP contribution in [0.5, 0.6) is 0 Å². The molecule has 0 atom stereocenters. The highest BCUT2D eigenvalue weighted by Gasteiger charge is 2.31. The molecule has 0 saturated carbocycles. The van der Waals surface area contributed by atoms with E-state index in [2.05, 4.69) is 26.2 Å². The molecule has 0 aliphatic carbocycles. The molecule has 33 heavy (non-hydrogen) atoms. The Morgan fingerprint density at radius 2 is 1.48 bits per heavy atom. The second-order valence-electron chi connectivity index (χ2n) is 8.27. The average molecular weight is 528 g/mol. The van der Waals surface area contributed by atoms with E-state index >= 15 is 0 Å². The SMILES string of the molecule is O=C(Nc1ccc(Cc2ccncc2)cc1)C1CCN(S(=O)(=O)Cc2ccc(Br)cc2)CC1. The smallest absolute Gasteiger partial charge is 0.227 e. The fourth-order valence-electron chi connectivity index (χ4n) is 3.97. The molecule has 1 saturated heterocycles. The number of halogens is 1. The third kappa shape index (κ3) is 6.50. The van der Waals surface area contributed by atoms with E-state index in [1.807, 2.05) is 60.7 Å². The summed E-state index contributed by atoms with van der Waals surface area (Å²) in [6.07, 6.45) is 5.41.